The number of carbonyl (C=O) groups is 1. The molecule has 0 spiro atoms. The van der Waals surface area contributed by atoms with Crippen molar-refractivity contribution in [3.63, 3.8) is 0 Å². The predicted octanol–water partition coefficient (Wildman–Crippen LogP) is 1.73. The third-order valence-corrected chi connectivity index (χ3v) is 5.32. The van der Waals surface area contributed by atoms with E-state index in [1.807, 2.05) is 0 Å². The summed E-state index contributed by atoms with van der Waals surface area (Å²) in [5.41, 5.74) is 0.595. The average molecular weight is 314 g/mol. The number of benzene rings is 1. The molecule has 0 radical (unpaired) electrons. The maximum absolute atomic E-state index is 12.3. The molecule has 2 rings (SSSR count). The minimum atomic E-state index is -3.39. The Bertz CT molecular complexity index is 564. The molecule has 0 aromatic heterocycles. The first kappa shape index (κ1) is 15.3. The molecular formula is C13H18N2O3S2. The quantitative estimate of drug-likeness (QED) is 0.814. The second kappa shape index (κ2) is 6.60. The van der Waals surface area contributed by atoms with E-state index in [0.717, 1.165) is 12.8 Å². The highest BCUT2D eigenvalue weighted by Crippen LogP contribution is 2.22. The Balaban J connectivity index is 2.09. The molecule has 0 atom stereocenters. The van der Waals surface area contributed by atoms with Crippen molar-refractivity contribution < 1.29 is 13.2 Å². The number of rotatable bonds is 5. The second-order valence-electron chi connectivity index (χ2n) is 4.66. The zero-order chi connectivity index (χ0) is 14.6. The van der Waals surface area contributed by atoms with Gasteiger partial charge in [-0.05, 0) is 42.9 Å². The van der Waals surface area contributed by atoms with Gasteiger partial charge in [-0.25, -0.2) is 8.42 Å². The van der Waals surface area contributed by atoms with Crippen LogP contribution in [0.2, 0.25) is 0 Å². The van der Waals surface area contributed by atoms with Crippen LogP contribution in [0, 0.1) is 0 Å². The number of hydrogen-bond donors (Lipinski definition) is 2. The van der Waals surface area contributed by atoms with Crippen molar-refractivity contribution in [2.45, 2.75) is 24.2 Å². The van der Waals surface area contributed by atoms with E-state index >= 15 is 0 Å². The molecule has 20 heavy (non-hydrogen) atoms. The van der Waals surface area contributed by atoms with Gasteiger partial charge in [0.1, 0.15) is 0 Å². The second-order valence-corrected chi connectivity index (χ2v) is 7.04. The largest absolute Gasteiger partial charge is 0.326 e. The number of anilines is 1. The summed E-state index contributed by atoms with van der Waals surface area (Å²) in [5, 5.41) is 2.69. The molecule has 1 fully saturated rings. The first-order valence-corrected chi connectivity index (χ1v) is 8.62. The summed E-state index contributed by atoms with van der Waals surface area (Å²) < 4.78 is 26.1. The molecule has 110 valence electrons. The summed E-state index contributed by atoms with van der Waals surface area (Å²) in [5.74, 6) is 0.350. The van der Waals surface area contributed by atoms with Gasteiger partial charge in [-0.2, -0.15) is 16.9 Å². The molecule has 1 aromatic carbocycles. The van der Waals surface area contributed by atoms with Crippen LogP contribution in [0.1, 0.15) is 19.3 Å². The van der Waals surface area contributed by atoms with Crippen LogP contribution in [-0.4, -0.2) is 37.5 Å². The Labute approximate surface area is 124 Å². The van der Waals surface area contributed by atoms with Gasteiger partial charge in [0.05, 0.1) is 4.90 Å². The molecule has 1 aromatic rings. The number of thiol groups is 1. The third kappa shape index (κ3) is 3.53. The summed E-state index contributed by atoms with van der Waals surface area (Å²) in [6.07, 6.45) is 2.16. The SMILES string of the molecule is O=C(CCS)Nc1ccc(S(=O)(=O)N2CCCC2)cc1. The Morgan fingerprint density at radius 2 is 1.80 bits per heavy atom. The fraction of sp³-hybridized carbons (Fsp3) is 0.462. The van der Waals surface area contributed by atoms with E-state index in [1.165, 1.54) is 16.4 Å². The van der Waals surface area contributed by atoms with Crippen molar-refractivity contribution in [3.05, 3.63) is 24.3 Å². The molecule has 7 heteroatoms. The average Bonchev–Trinajstić information content (AvgIpc) is 2.94. The van der Waals surface area contributed by atoms with E-state index in [-0.39, 0.29) is 10.8 Å². The van der Waals surface area contributed by atoms with E-state index in [9.17, 15) is 13.2 Å². The zero-order valence-electron chi connectivity index (χ0n) is 11.1. The Morgan fingerprint density at radius 3 is 2.35 bits per heavy atom. The lowest BCUT2D eigenvalue weighted by Gasteiger charge is -2.15. The van der Waals surface area contributed by atoms with Gasteiger partial charge >= 0.3 is 0 Å². The van der Waals surface area contributed by atoms with E-state index in [1.54, 1.807) is 12.1 Å². The Morgan fingerprint density at radius 1 is 1.20 bits per heavy atom. The number of carbonyl (C=O) groups excluding carboxylic acids is 1. The molecular weight excluding hydrogens is 296 g/mol. The number of hydrogen-bond acceptors (Lipinski definition) is 4. The van der Waals surface area contributed by atoms with Crippen molar-refractivity contribution in [2.75, 3.05) is 24.2 Å². The standard InChI is InChI=1S/C13H18N2O3S2/c16-13(7-10-19)14-11-3-5-12(6-4-11)20(17,18)15-8-1-2-9-15/h3-6,19H,1-2,7-10H2,(H,14,16). The summed E-state index contributed by atoms with van der Waals surface area (Å²) in [4.78, 5) is 11.7. The Hall–Kier alpha value is -1.05. The minimum Gasteiger partial charge on any atom is -0.326 e. The number of nitrogens with zero attached hydrogens (tertiary/aromatic N) is 1. The maximum atomic E-state index is 12.3. The van der Waals surface area contributed by atoms with Gasteiger partial charge in [-0.15, -0.1) is 0 Å². The zero-order valence-corrected chi connectivity index (χ0v) is 12.8. The molecule has 0 bridgehead atoms. The normalized spacial score (nSPS) is 16.2. The van der Waals surface area contributed by atoms with Crippen LogP contribution in [0.5, 0.6) is 0 Å². The monoisotopic (exact) mass is 314 g/mol. The molecule has 1 N–H and O–H groups in total. The van der Waals surface area contributed by atoms with E-state index in [0.29, 0.717) is 31.0 Å². The van der Waals surface area contributed by atoms with Crippen LogP contribution in [0.4, 0.5) is 5.69 Å². The molecule has 0 aliphatic carbocycles. The number of sulfonamides is 1. The van der Waals surface area contributed by atoms with Crippen LogP contribution >= 0.6 is 12.6 Å². The Kier molecular flexibility index (Phi) is 5.06. The van der Waals surface area contributed by atoms with E-state index in [4.69, 9.17) is 0 Å². The molecule has 1 aliphatic rings. The topological polar surface area (TPSA) is 66.5 Å². The van der Waals surface area contributed by atoms with Gasteiger partial charge in [-0.1, -0.05) is 0 Å². The number of nitrogens with one attached hydrogen (secondary N) is 1. The maximum Gasteiger partial charge on any atom is 0.243 e. The van der Waals surface area contributed by atoms with Crippen molar-refractivity contribution >= 4 is 34.2 Å². The van der Waals surface area contributed by atoms with Gasteiger partial charge in [0.2, 0.25) is 15.9 Å². The van der Waals surface area contributed by atoms with E-state index < -0.39 is 10.0 Å². The molecule has 1 amide bonds. The third-order valence-electron chi connectivity index (χ3n) is 3.18. The molecule has 0 unspecified atom stereocenters. The predicted molar refractivity (Wildman–Crippen MR) is 81.5 cm³/mol. The fourth-order valence-corrected chi connectivity index (χ4v) is 3.83. The molecule has 1 heterocycles. The lowest BCUT2D eigenvalue weighted by molar-refractivity contribution is -0.115. The summed E-state index contributed by atoms with van der Waals surface area (Å²) in [6, 6.07) is 6.28. The van der Waals surface area contributed by atoms with E-state index in [2.05, 4.69) is 17.9 Å². The molecule has 0 saturated carbocycles. The van der Waals surface area contributed by atoms with Crippen LogP contribution < -0.4 is 5.32 Å². The van der Waals surface area contributed by atoms with Crippen LogP contribution in [-0.2, 0) is 14.8 Å². The van der Waals surface area contributed by atoms with Crippen molar-refractivity contribution in [1.82, 2.24) is 4.31 Å². The minimum absolute atomic E-state index is 0.129. The van der Waals surface area contributed by atoms with Gasteiger partial charge in [-0.3, -0.25) is 4.79 Å². The van der Waals surface area contributed by atoms with Crippen LogP contribution in [0.3, 0.4) is 0 Å². The molecule has 5 nitrogen and oxygen atoms in total. The van der Waals surface area contributed by atoms with Crippen molar-refractivity contribution in [2.24, 2.45) is 0 Å². The summed E-state index contributed by atoms with van der Waals surface area (Å²) in [6.45, 7) is 1.17. The smallest absolute Gasteiger partial charge is 0.243 e. The lowest BCUT2D eigenvalue weighted by atomic mass is 10.3. The summed E-state index contributed by atoms with van der Waals surface area (Å²) in [7, 11) is -3.39. The van der Waals surface area contributed by atoms with Crippen LogP contribution in [0.25, 0.3) is 0 Å². The summed E-state index contributed by atoms with van der Waals surface area (Å²) >= 11 is 3.98. The molecule has 1 aliphatic heterocycles. The lowest BCUT2D eigenvalue weighted by Crippen LogP contribution is -2.27. The van der Waals surface area contributed by atoms with Crippen LogP contribution in [0.15, 0.2) is 29.2 Å². The van der Waals surface area contributed by atoms with Gasteiger partial charge in [0, 0.05) is 25.2 Å². The highest BCUT2D eigenvalue weighted by molar-refractivity contribution is 7.89. The first-order valence-electron chi connectivity index (χ1n) is 6.55. The van der Waals surface area contributed by atoms with Gasteiger partial charge < -0.3 is 5.32 Å². The fourth-order valence-electron chi connectivity index (χ4n) is 2.11. The highest BCUT2D eigenvalue weighted by atomic mass is 32.2. The van der Waals surface area contributed by atoms with Gasteiger partial charge in [0.25, 0.3) is 0 Å². The van der Waals surface area contributed by atoms with Crippen molar-refractivity contribution in [1.29, 1.82) is 0 Å². The number of amides is 1. The van der Waals surface area contributed by atoms with Crippen molar-refractivity contribution in [3.8, 4) is 0 Å². The van der Waals surface area contributed by atoms with Gasteiger partial charge in [0.15, 0.2) is 0 Å². The first-order chi connectivity index (χ1) is 9.54. The highest BCUT2D eigenvalue weighted by Gasteiger charge is 2.26. The molecule has 1 saturated heterocycles.